The van der Waals surface area contributed by atoms with Crippen LogP contribution in [0.1, 0.15) is 28.5 Å². The van der Waals surface area contributed by atoms with Crippen molar-refractivity contribution in [2.45, 2.75) is 20.4 Å². The molecule has 0 aliphatic carbocycles. The number of ketones is 1. The maximum Gasteiger partial charge on any atom is 0.185 e. The summed E-state index contributed by atoms with van der Waals surface area (Å²) < 4.78 is 3.04. The summed E-state index contributed by atoms with van der Waals surface area (Å²) >= 11 is 2.22. The molecule has 0 N–H and O–H groups in total. The quantitative estimate of drug-likeness (QED) is 0.470. The Morgan fingerprint density at radius 2 is 2.05 bits per heavy atom. The van der Waals surface area contributed by atoms with Crippen LogP contribution in [-0.2, 0) is 6.54 Å². The van der Waals surface area contributed by atoms with Crippen molar-refractivity contribution in [3.63, 3.8) is 0 Å². The van der Waals surface area contributed by atoms with Gasteiger partial charge in [0.25, 0.3) is 0 Å². The van der Waals surface area contributed by atoms with Crippen molar-refractivity contribution >= 4 is 34.5 Å². The monoisotopic (exact) mass is 366 g/mol. The Labute approximate surface area is 126 Å². The molecule has 98 valence electrons. The van der Waals surface area contributed by atoms with Crippen molar-refractivity contribution in [1.82, 2.24) is 9.78 Å². The number of halogens is 1. The number of aryl methyl sites for hydroxylation is 1. The molecule has 0 aliphatic heterocycles. The van der Waals surface area contributed by atoms with Crippen molar-refractivity contribution in [2.24, 2.45) is 0 Å². The van der Waals surface area contributed by atoms with Gasteiger partial charge in [-0.3, -0.25) is 9.48 Å². The zero-order valence-electron chi connectivity index (χ0n) is 10.9. The molecule has 1 heterocycles. The van der Waals surface area contributed by atoms with Gasteiger partial charge in [0.05, 0.1) is 6.20 Å². The minimum atomic E-state index is 0.0139. The summed E-state index contributed by atoms with van der Waals surface area (Å²) in [5, 5.41) is 4.25. The lowest BCUT2D eigenvalue weighted by molar-refractivity contribution is 0.104. The molecule has 4 heteroatoms. The van der Waals surface area contributed by atoms with E-state index in [1.54, 1.807) is 12.3 Å². The summed E-state index contributed by atoms with van der Waals surface area (Å²) in [6.07, 6.45) is 5.22. The van der Waals surface area contributed by atoms with Gasteiger partial charge in [-0.2, -0.15) is 5.10 Å². The van der Waals surface area contributed by atoms with Gasteiger partial charge in [0.15, 0.2) is 5.78 Å². The van der Waals surface area contributed by atoms with Crippen molar-refractivity contribution in [2.75, 3.05) is 0 Å². The molecule has 0 saturated carbocycles. The minimum absolute atomic E-state index is 0.0139. The molecule has 0 radical (unpaired) electrons. The van der Waals surface area contributed by atoms with E-state index >= 15 is 0 Å². The van der Waals surface area contributed by atoms with E-state index in [1.165, 1.54) is 0 Å². The smallest absolute Gasteiger partial charge is 0.185 e. The van der Waals surface area contributed by atoms with Crippen LogP contribution in [0.15, 0.2) is 36.5 Å². The average Bonchev–Trinajstić information content (AvgIpc) is 2.77. The van der Waals surface area contributed by atoms with Gasteiger partial charge in [-0.25, -0.2) is 0 Å². The number of carbonyl (C=O) groups excluding carboxylic acids is 1. The summed E-state index contributed by atoms with van der Waals surface area (Å²) in [7, 11) is 0. The van der Waals surface area contributed by atoms with Gasteiger partial charge < -0.3 is 0 Å². The lowest BCUT2D eigenvalue weighted by Crippen LogP contribution is -1.98. The second-order valence-corrected chi connectivity index (χ2v) is 5.45. The van der Waals surface area contributed by atoms with Gasteiger partial charge in [0.2, 0.25) is 0 Å². The highest BCUT2D eigenvalue weighted by atomic mass is 127. The standard InChI is InChI=1S/C15H15IN2O/c1-3-18-11(2)13(10-17-18)6-9-15(19)12-4-7-14(16)8-5-12/h4-10H,3H2,1-2H3/b9-6+. The molecule has 2 rings (SSSR count). The first-order valence-corrected chi connectivity index (χ1v) is 7.20. The molecule has 19 heavy (non-hydrogen) atoms. The highest BCUT2D eigenvalue weighted by Crippen LogP contribution is 2.11. The molecule has 0 spiro atoms. The van der Waals surface area contributed by atoms with Gasteiger partial charge in [-0.1, -0.05) is 12.1 Å². The molecule has 0 fully saturated rings. The van der Waals surface area contributed by atoms with Crippen LogP contribution >= 0.6 is 22.6 Å². The number of aromatic nitrogens is 2. The molecule has 0 bridgehead atoms. The van der Waals surface area contributed by atoms with E-state index in [-0.39, 0.29) is 5.78 Å². The van der Waals surface area contributed by atoms with Crippen molar-refractivity contribution < 1.29 is 4.79 Å². The lowest BCUT2D eigenvalue weighted by Gasteiger charge is -1.99. The fraction of sp³-hybridized carbons (Fsp3) is 0.200. The van der Waals surface area contributed by atoms with Crippen LogP contribution in [0.2, 0.25) is 0 Å². The van der Waals surface area contributed by atoms with Crippen LogP contribution < -0.4 is 0 Å². The number of nitrogens with zero attached hydrogens (tertiary/aromatic N) is 2. The molecule has 0 unspecified atom stereocenters. The normalized spacial score (nSPS) is 11.1. The van der Waals surface area contributed by atoms with Crippen molar-refractivity contribution in [3.8, 4) is 0 Å². The number of allylic oxidation sites excluding steroid dienone is 1. The van der Waals surface area contributed by atoms with Gasteiger partial charge in [0, 0.05) is 26.9 Å². The van der Waals surface area contributed by atoms with Crippen LogP contribution in [-0.4, -0.2) is 15.6 Å². The topological polar surface area (TPSA) is 34.9 Å². The Hall–Kier alpha value is -1.43. The molecule has 0 aliphatic rings. The summed E-state index contributed by atoms with van der Waals surface area (Å²) in [5.41, 5.74) is 2.77. The Kier molecular flexibility index (Phi) is 4.52. The summed E-state index contributed by atoms with van der Waals surface area (Å²) in [5.74, 6) is 0.0139. The van der Waals surface area contributed by atoms with Gasteiger partial charge >= 0.3 is 0 Å². The molecule has 1 aromatic carbocycles. The number of hydrogen-bond donors (Lipinski definition) is 0. The molecule has 0 amide bonds. The van der Waals surface area contributed by atoms with Crippen molar-refractivity contribution in [1.29, 1.82) is 0 Å². The summed E-state index contributed by atoms with van der Waals surface area (Å²) in [6, 6.07) is 7.55. The zero-order chi connectivity index (χ0) is 13.8. The fourth-order valence-corrected chi connectivity index (χ4v) is 2.18. The molecule has 3 nitrogen and oxygen atoms in total. The third-order valence-corrected chi connectivity index (χ3v) is 3.70. The number of rotatable bonds is 4. The molecule has 0 atom stereocenters. The average molecular weight is 366 g/mol. The predicted octanol–water partition coefficient (Wildman–Crippen LogP) is 3.71. The second kappa shape index (κ2) is 6.14. The van der Waals surface area contributed by atoms with Gasteiger partial charge in [-0.05, 0) is 60.7 Å². The van der Waals surface area contributed by atoms with E-state index in [1.807, 2.05) is 48.9 Å². The van der Waals surface area contributed by atoms with Crippen LogP contribution in [0.4, 0.5) is 0 Å². The Morgan fingerprint density at radius 3 is 2.63 bits per heavy atom. The molecule has 0 saturated heterocycles. The van der Waals surface area contributed by atoms with E-state index in [4.69, 9.17) is 0 Å². The first kappa shape index (κ1) is 14.0. The molecular formula is C15H15IN2O. The molecule has 2 aromatic rings. The van der Waals surface area contributed by atoms with Crippen LogP contribution in [0.25, 0.3) is 6.08 Å². The Bertz CT molecular complexity index is 612. The molecule has 1 aromatic heterocycles. The van der Waals surface area contributed by atoms with Crippen LogP contribution in [0, 0.1) is 10.5 Å². The van der Waals surface area contributed by atoms with Crippen molar-refractivity contribution in [3.05, 3.63) is 56.9 Å². The van der Waals surface area contributed by atoms with E-state index in [0.29, 0.717) is 5.56 Å². The first-order valence-electron chi connectivity index (χ1n) is 6.12. The minimum Gasteiger partial charge on any atom is -0.289 e. The maximum atomic E-state index is 12.0. The van der Waals surface area contributed by atoms with Crippen LogP contribution in [0.5, 0.6) is 0 Å². The zero-order valence-corrected chi connectivity index (χ0v) is 13.1. The highest BCUT2D eigenvalue weighted by Gasteiger charge is 2.04. The van der Waals surface area contributed by atoms with Crippen LogP contribution in [0.3, 0.4) is 0 Å². The lowest BCUT2D eigenvalue weighted by atomic mass is 10.1. The Balaban J connectivity index is 2.16. The summed E-state index contributed by atoms with van der Waals surface area (Å²) in [4.78, 5) is 12.0. The van der Waals surface area contributed by atoms with Gasteiger partial charge in [-0.15, -0.1) is 0 Å². The second-order valence-electron chi connectivity index (χ2n) is 4.21. The number of hydrogen-bond acceptors (Lipinski definition) is 2. The third kappa shape index (κ3) is 3.32. The largest absolute Gasteiger partial charge is 0.289 e. The van der Waals surface area contributed by atoms with E-state index in [0.717, 1.165) is 21.4 Å². The maximum absolute atomic E-state index is 12.0. The molecular weight excluding hydrogens is 351 g/mol. The predicted molar refractivity (Wildman–Crippen MR) is 85.2 cm³/mol. The first-order chi connectivity index (χ1) is 9.11. The van der Waals surface area contributed by atoms with Gasteiger partial charge in [0.1, 0.15) is 0 Å². The fourth-order valence-electron chi connectivity index (χ4n) is 1.82. The number of carbonyl (C=O) groups is 1. The summed E-state index contributed by atoms with van der Waals surface area (Å²) in [6.45, 7) is 4.89. The Morgan fingerprint density at radius 1 is 1.37 bits per heavy atom. The highest BCUT2D eigenvalue weighted by molar-refractivity contribution is 14.1. The van der Waals surface area contributed by atoms with E-state index < -0.39 is 0 Å². The number of benzene rings is 1. The van der Waals surface area contributed by atoms with E-state index in [9.17, 15) is 4.79 Å². The van der Waals surface area contributed by atoms with E-state index in [2.05, 4.69) is 27.7 Å². The SMILES string of the molecule is CCn1ncc(/C=C/C(=O)c2ccc(I)cc2)c1C. The third-order valence-electron chi connectivity index (χ3n) is 2.98.